The number of ether oxygens (including phenoxy) is 9. The van der Waals surface area contributed by atoms with E-state index in [-0.39, 0.29) is 0 Å². The molecule has 49 heavy (non-hydrogen) atoms. The van der Waals surface area contributed by atoms with Crippen LogP contribution in [0.2, 0.25) is 0 Å². The number of anilines is 3. The molecule has 0 radical (unpaired) electrons. The molecule has 0 atom stereocenters. The molecule has 3 aromatic carbocycles. The number of benzene rings is 3. The zero-order valence-electron chi connectivity index (χ0n) is 32.4. The van der Waals surface area contributed by atoms with Crippen molar-refractivity contribution in [2.24, 2.45) is 0 Å². The molecule has 3 aromatic rings. The average Bonchev–Trinajstić information content (AvgIpc) is 3.11. The molecule has 0 aromatic heterocycles. The van der Waals surface area contributed by atoms with E-state index in [1.165, 1.54) is 0 Å². The molecule has 0 aliphatic rings. The van der Waals surface area contributed by atoms with Crippen LogP contribution < -0.4 is 63.1 Å². The molecule has 0 aliphatic heterocycles. The van der Waals surface area contributed by atoms with Crippen LogP contribution in [0.15, 0.2) is 0 Å². The summed E-state index contributed by atoms with van der Waals surface area (Å²) in [5, 5.41) is 3.27. The van der Waals surface area contributed by atoms with E-state index in [0.717, 1.165) is 87.8 Å². The molecular formula is C36H57NO9Si3. The average molecular weight is 732 g/mol. The molecule has 0 bridgehead atoms. The van der Waals surface area contributed by atoms with Gasteiger partial charge in [0.05, 0.1) is 81.1 Å². The first-order valence-electron chi connectivity index (χ1n) is 16.9. The van der Waals surface area contributed by atoms with E-state index in [4.69, 9.17) is 42.6 Å². The van der Waals surface area contributed by atoms with Crippen molar-refractivity contribution in [1.82, 2.24) is 0 Å². The largest absolute Gasteiger partial charge is 0.493 e. The van der Waals surface area contributed by atoms with Crippen LogP contribution >= 0.6 is 0 Å². The van der Waals surface area contributed by atoms with Gasteiger partial charge in [-0.1, -0.05) is 40.0 Å². The highest BCUT2D eigenvalue weighted by molar-refractivity contribution is 6.38. The second-order valence-corrected chi connectivity index (χ2v) is 14.7. The summed E-state index contributed by atoms with van der Waals surface area (Å²) in [6.07, 6.45) is 4.97. The molecular weight excluding hydrogens is 675 g/mol. The lowest BCUT2D eigenvalue weighted by molar-refractivity contribution is 0.323. The van der Waals surface area contributed by atoms with Crippen molar-refractivity contribution in [2.45, 2.75) is 59.3 Å². The Morgan fingerprint density at radius 2 is 0.551 bits per heavy atom. The first kappa shape index (κ1) is 39.7. The third kappa shape index (κ3) is 6.89. The van der Waals surface area contributed by atoms with E-state index in [1.807, 2.05) is 0 Å². The van der Waals surface area contributed by atoms with Crippen molar-refractivity contribution in [1.29, 1.82) is 0 Å². The molecule has 0 saturated heterocycles. The second kappa shape index (κ2) is 17.8. The van der Waals surface area contributed by atoms with Crippen LogP contribution in [-0.2, 0) is 19.3 Å². The predicted molar refractivity (Wildman–Crippen MR) is 211 cm³/mol. The maximum absolute atomic E-state index is 6.38. The van der Waals surface area contributed by atoms with Gasteiger partial charge in [0.15, 0.2) is 34.5 Å². The minimum atomic E-state index is 0.528. The SMILES string of the molecule is CCCc1c([SiH3])c(OC)c(OC)c(OC)c1N(c1c(CCC)c([SiH3])c(OC)c(OC)c1OC)c1c(CCC)c([SiH3])c(OC)c(OC)c1OC. The Bertz CT molecular complexity index is 1440. The molecule has 0 saturated carbocycles. The van der Waals surface area contributed by atoms with Crippen molar-refractivity contribution in [3.05, 3.63) is 16.7 Å². The van der Waals surface area contributed by atoms with E-state index in [2.05, 4.69) is 25.7 Å². The van der Waals surface area contributed by atoms with E-state index < -0.39 is 0 Å². The Labute approximate surface area is 301 Å². The van der Waals surface area contributed by atoms with Gasteiger partial charge in [-0.25, -0.2) is 0 Å². The number of methoxy groups -OCH3 is 9. The Hall–Kier alpha value is -3.69. The standard InChI is InChI=1S/C36H57NO9Si3/c1-13-16-19-22(25(38-4)28(41-7)31(44-10)34(19)47)37(23-20(17-14-2)35(48)32(45-11)29(42-8)26(23)39-5)24-21(18-15-3)36(49)33(46-12)30(43-9)27(24)40-6/h13-18H2,1-12,47-49H3. The van der Waals surface area contributed by atoms with E-state index in [0.29, 0.717) is 82.5 Å². The van der Waals surface area contributed by atoms with E-state index in [9.17, 15) is 0 Å². The summed E-state index contributed by atoms with van der Waals surface area (Å²) in [4.78, 5) is 2.27. The summed E-state index contributed by atoms with van der Waals surface area (Å²) in [5.74, 6) is 5.28. The van der Waals surface area contributed by atoms with Crippen LogP contribution in [0.4, 0.5) is 17.1 Å². The molecule has 0 N–H and O–H groups in total. The third-order valence-corrected chi connectivity index (χ3v) is 12.3. The Morgan fingerprint density at radius 1 is 0.347 bits per heavy atom. The van der Waals surface area contributed by atoms with Crippen LogP contribution in [0.25, 0.3) is 0 Å². The zero-order valence-corrected chi connectivity index (χ0v) is 38.4. The normalized spacial score (nSPS) is 11.0. The predicted octanol–water partition coefficient (Wildman–Crippen LogP) is 2.06. The van der Waals surface area contributed by atoms with Gasteiger partial charge in [-0.15, -0.1) is 0 Å². The smallest absolute Gasteiger partial charge is 0.205 e. The van der Waals surface area contributed by atoms with Gasteiger partial charge in [0, 0.05) is 30.7 Å². The number of hydrogen-bond acceptors (Lipinski definition) is 10. The summed E-state index contributed by atoms with van der Waals surface area (Å²) in [6, 6.07) is 0. The molecule has 0 aliphatic carbocycles. The third-order valence-electron chi connectivity index (χ3n) is 9.13. The van der Waals surface area contributed by atoms with Gasteiger partial charge in [-0.2, -0.15) is 0 Å². The molecule has 13 heteroatoms. The Morgan fingerprint density at radius 3 is 0.714 bits per heavy atom. The van der Waals surface area contributed by atoms with Crippen molar-refractivity contribution in [3.8, 4) is 51.7 Å². The molecule has 0 heterocycles. The van der Waals surface area contributed by atoms with Gasteiger partial charge in [0.2, 0.25) is 17.2 Å². The molecule has 272 valence electrons. The molecule has 0 unspecified atom stereocenters. The summed E-state index contributed by atoms with van der Waals surface area (Å²) in [6.45, 7) is 6.55. The van der Waals surface area contributed by atoms with Gasteiger partial charge >= 0.3 is 0 Å². The minimum Gasteiger partial charge on any atom is -0.493 e. The van der Waals surface area contributed by atoms with Crippen molar-refractivity contribution >= 4 is 63.3 Å². The Balaban J connectivity index is 2.98. The molecule has 0 amide bonds. The lowest BCUT2D eigenvalue weighted by Crippen LogP contribution is -2.29. The highest BCUT2D eigenvalue weighted by Gasteiger charge is 2.39. The lowest BCUT2D eigenvalue weighted by Gasteiger charge is -2.37. The Kier molecular flexibility index (Phi) is 14.4. The van der Waals surface area contributed by atoms with E-state index >= 15 is 0 Å². The van der Waals surface area contributed by atoms with E-state index in [1.54, 1.807) is 64.0 Å². The van der Waals surface area contributed by atoms with Crippen molar-refractivity contribution in [3.63, 3.8) is 0 Å². The van der Waals surface area contributed by atoms with Crippen LogP contribution in [0.5, 0.6) is 51.7 Å². The van der Waals surface area contributed by atoms with Crippen molar-refractivity contribution < 1.29 is 42.6 Å². The van der Waals surface area contributed by atoms with Gasteiger partial charge in [-0.05, 0) is 51.5 Å². The second-order valence-electron chi connectivity index (χ2n) is 11.7. The van der Waals surface area contributed by atoms with Crippen LogP contribution in [0.3, 0.4) is 0 Å². The quantitative estimate of drug-likeness (QED) is 0.182. The number of nitrogens with zero attached hydrogens (tertiary/aromatic N) is 1. The zero-order chi connectivity index (χ0) is 36.6. The molecule has 3 rings (SSSR count). The first-order valence-corrected chi connectivity index (χ1v) is 19.9. The summed E-state index contributed by atoms with van der Waals surface area (Å²) < 4.78 is 55.6. The summed E-state index contributed by atoms with van der Waals surface area (Å²) >= 11 is 0. The van der Waals surface area contributed by atoms with Gasteiger partial charge in [-0.3, -0.25) is 4.90 Å². The fourth-order valence-electron chi connectivity index (χ4n) is 7.07. The fraction of sp³-hybridized carbons (Fsp3) is 0.500. The monoisotopic (exact) mass is 731 g/mol. The maximum atomic E-state index is 6.38. The van der Waals surface area contributed by atoms with Crippen LogP contribution in [-0.4, -0.2) is 94.7 Å². The van der Waals surface area contributed by atoms with Gasteiger partial charge in [0.1, 0.15) is 0 Å². The highest BCUT2D eigenvalue weighted by atomic mass is 28.2. The minimum absolute atomic E-state index is 0.528. The lowest BCUT2D eigenvalue weighted by atomic mass is 9.96. The molecule has 0 fully saturated rings. The number of rotatable bonds is 18. The van der Waals surface area contributed by atoms with Gasteiger partial charge in [0.25, 0.3) is 0 Å². The summed E-state index contributed by atoms with van der Waals surface area (Å²) in [7, 11) is 17.1. The summed E-state index contributed by atoms with van der Waals surface area (Å²) in [5.41, 5.74) is 5.81. The fourth-order valence-corrected chi connectivity index (χ4v) is 9.83. The topological polar surface area (TPSA) is 86.3 Å². The van der Waals surface area contributed by atoms with Crippen LogP contribution in [0, 0.1) is 0 Å². The molecule has 0 spiro atoms. The maximum Gasteiger partial charge on any atom is 0.205 e. The van der Waals surface area contributed by atoms with Crippen LogP contribution in [0.1, 0.15) is 56.7 Å². The number of hydrogen-bond donors (Lipinski definition) is 0. The highest BCUT2D eigenvalue weighted by Crippen LogP contribution is 2.59. The van der Waals surface area contributed by atoms with Gasteiger partial charge < -0.3 is 42.6 Å². The van der Waals surface area contributed by atoms with Crippen molar-refractivity contribution in [2.75, 3.05) is 68.9 Å². The molecule has 10 nitrogen and oxygen atoms in total. The first-order chi connectivity index (χ1) is 23.6.